The number of hydrogen-bond acceptors (Lipinski definition) is 4. The van der Waals surface area contributed by atoms with Gasteiger partial charge in [0.25, 0.3) is 5.91 Å². The van der Waals surface area contributed by atoms with Gasteiger partial charge in [0.2, 0.25) is 0 Å². The Hall–Kier alpha value is -2.37. The van der Waals surface area contributed by atoms with E-state index in [1.165, 1.54) is 6.20 Å². The third-order valence-corrected chi connectivity index (χ3v) is 3.71. The van der Waals surface area contributed by atoms with E-state index in [4.69, 9.17) is 9.90 Å². The summed E-state index contributed by atoms with van der Waals surface area (Å²) in [6.45, 7) is 3.69. The second-order valence-electron chi connectivity index (χ2n) is 5.69. The van der Waals surface area contributed by atoms with Crippen LogP contribution in [0.25, 0.3) is 0 Å². The van der Waals surface area contributed by atoms with Crippen molar-refractivity contribution in [2.24, 2.45) is 0 Å². The lowest BCUT2D eigenvalue weighted by molar-refractivity contribution is -0.192. The van der Waals surface area contributed by atoms with E-state index >= 15 is 0 Å². The molecule has 1 aliphatic heterocycles. The maximum atomic E-state index is 13.0. The third-order valence-electron chi connectivity index (χ3n) is 3.71. The number of aryl methyl sites for hydroxylation is 2. The second-order valence-corrected chi connectivity index (χ2v) is 5.69. The summed E-state index contributed by atoms with van der Waals surface area (Å²) in [5.74, 6) is -3.38. The predicted molar refractivity (Wildman–Crippen MR) is 81.2 cm³/mol. The first kappa shape index (κ1) is 22.7. The molecule has 6 nitrogen and oxygen atoms in total. The molecule has 0 bridgehead atoms. The van der Waals surface area contributed by atoms with Crippen LogP contribution in [0.3, 0.4) is 0 Å². The lowest BCUT2D eigenvalue weighted by Gasteiger charge is -2.37. The van der Waals surface area contributed by atoms with Gasteiger partial charge in [0.15, 0.2) is 0 Å². The van der Waals surface area contributed by atoms with E-state index in [1.807, 2.05) is 0 Å². The molecule has 1 aromatic heterocycles. The quantitative estimate of drug-likeness (QED) is 0.706. The number of amides is 1. The van der Waals surface area contributed by atoms with Crippen LogP contribution in [-0.2, 0) is 4.79 Å². The highest BCUT2D eigenvalue weighted by molar-refractivity contribution is 5.94. The first-order chi connectivity index (χ1) is 12.2. The fraction of sp³-hybridized carbons (Fsp3) is 0.533. The van der Waals surface area contributed by atoms with Gasteiger partial charge in [0.05, 0.1) is 5.56 Å². The number of carboxylic acid groups (broad SMARTS) is 1. The first-order valence-corrected chi connectivity index (χ1v) is 7.57. The van der Waals surface area contributed by atoms with Crippen LogP contribution in [0.4, 0.5) is 26.3 Å². The Balaban J connectivity index is 0.000000445. The zero-order valence-electron chi connectivity index (χ0n) is 14.3. The van der Waals surface area contributed by atoms with Crippen molar-refractivity contribution in [3.8, 4) is 0 Å². The van der Waals surface area contributed by atoms with Gasteiger partial charge in [-0.1, -0.05) is 0 Å². The van der Waals surface area contributed by atoms with Gasteiger partial charge in [0.1, 0.15) is 6.04 Å². The molecule has 1 fully saturated rings. The van der Waals surface area contributed by atoms with Gasteiger partial charge in [-0.15, -0.1) is 0 Å². The number of piperazine rings is 1. The molecule has 12 heteroatoms. The zero-order chi connectivity index (χ0) is 21.0. The fourth-order valence-corrected chi connectivity index (χ4v) is 2.17. The Kier molecular flexibility index (Phi) is 7.18. The lowest BCUT2D eigenvalue weighted by atomic mass is 10.1. The van der Waals surface area contributed by atoms with Crippen molar-refractivity contribution < 1.29 is 41.0 Å². The van der Waals surface area contributed by atoms with Gasteiger partial charge >= 0.3 is 18.3 Å². The topological polar surface area (TPSA) is 82.5 Å². The first-order valence-electron chi connectivity index (χ1n) is 7.57. The number of carbonyl (C=O) groups is 2. The SMILES string of the molecule is Cc1cc(C(=O)N2CCNCC2C(F)(F)F)cnc1C.O=C(O)C(F)(F)F. The fourth-order valence-electron chi connectivity index (χ4n) is 2.17. The average molecular weight is 401 g/mol. The molecule has 0 spiro atoms. The highest BCUT2D eigenvalue weighted by Crippen LogP contribution is 2.27. The van der Waals surface area contributed by atoms with Crippen molar-refractivity contribution in [2.75, 3.05) is 19.6 Å². The summed E-state index contributed by atoms with van der Waals surface area (Å²) >= 11 is 0. The van der Waals surface area contributed by atoms with Crippen molar-refractivity contribution in [3.05, 3.63) is 29.1 Å². The summed E-state index contributed by atoms with van der Waals surface area (Å²) in [6.07, 6.45) is -8.18. The van der Waals surface area contributed by atoms with E-state index in [0.29, 0.717) is 6.54 Å². The van der Waals surface area contributed by atoms with Crippen molar-refractivity contribution in [3.63, 3.8) is 0 Å². The maximum Gasteiger partial charge on any atom is 0.490 e. The van der Waals surface area contributed by atoms with Gasteiger partial charge in [-0.25, -0.2) is 4.79 Å². The number of carbonyl (C=O) groups excluding carboxylic acids is 1. The Morgan fingerprint density at radius 2 is 1.78 bits per heavy atom. The molecule has 2 N–H and O–H groups in total. The number of aromatic nitrogens is 1. The number of rotatable bonds is 1. The van der Waals surface area contributed by atoms with Crippen molar-refractivity contribution in [1.29, 1.82) is 0 Å². The standard InChI is InChI=1S/C13H16F3N3O.C2HF3O2/c1-8-5-10(6-18-9(8)2)12(20)19-4-3-17-7-11(19)13(14,15)16;3-2(4,5)1(6)7/h5-6,11,17H,3-4,7H2,1-2H3;(H,6,7). The number of hydrogen-bond donors (Lipinski definition) is 2. The van der Waals surface area contributed by atoms with Crippen LogP contribution in [0.5, 0.6) is 0 Å². The number of carboxylic acids is 1. The van der Waals surface area contributed by atoms with Gasteiger partial charge in [-0.05, 0) is 25.5 Å². The molecule has 2 rings (SSSR count). The predicted octanol–water partition coefficient (Wildman–Crippen LogP) is 2.31. The van der Waals surface area contributed by atoms with E-state index in [-0.39, 0.29) is 18.7 Å². The minimum Gasteiger partial charge on any atom is -0.475 e. The molecule has 0 radical (unpaired) electrons. The number of nitrogens with zero attached hydrogens (tertiary/aromatic N) is 2. The molecule has 0 saturated carbocycles. The van der Waals surface area contributed by atoms with Gasteiger partial charge < -0.3 is 15.3 Å². The monoisotopic (exact) mass is 401 g/mol. The molecule has 1 unspecified atom stereocenters. The minimum absolute atomic E-state index is 0.0376. The van der Waals surface area contributed by atoms with Gasteiger partial charge in [-0.3, -0.25) is 9.78 Å². The van der Waals surface area contributed by atoms with E-state index in [0.717, 1.165) is 16.2 Å². The van der Waals surface area contributed by atoms with Crippen LogP contribution in [0.2, 0.25) is 0 Å². The van der Waals surface area contributed by atoms with E-state index in [2.05, 4.69) is 10.3 Å². The summed E-state index contributed by atoms with van der Waals surface area (Å²) < 4.78 is 70.6. The van der Waals surface area contributed by atoms with Crippen LogP contribution in [-0.4, -0.2) is 64.9 Å². The van der Waals surface area contributed by atoms with E-state index < -0.39 is 30.3 Å². The molecule has 2 heterocycles. The molecular weight excluding hydrogens is 384 g/mol. The number of nitrogens with one attached hydrogen (secondary N) is 1. The number of pyridine rings is 1. The Labute approximate surface area is 150 Å². The molecule has 0 aliphatic carbocycles. The molecule has 27 heavy (non-hydrogen) atoms. The summed E-state index contributed by atoms with van der Waals surface area (Å²) in [6, 6.07) is -0.203. The molecule has 1 aliphatic rings. The number of halogens is 6. The van der Waals surface area contributed by atoms with Crippen molar-refractivity contribution in [1.82, 2.24) is 15.2 Å². The highest BCUT2D eigenvalue weighted by atomic mass is 19.4. The summed E-state index contributed by atoms with van der Waals surface area (Å²) in [4.78, 5) is 26.1. The molecule has 1 aromatic rings. The van der Waals surface area contributed by atoms with Crippen molar-refractivity contribution >= 4 is 11.9 Å². The molecule has 1 atom stereocenters. The van der Waals surface area contributed by atoms with E-state index in [9.17, 15) is 31.1 Å². The smallest absolute Gasteiger partial charge is 0.475 e. The van der Waals surface area contributed by atoms with Gasteiger partial charge in [0, 0.05) is 31.5 Å². The summed E-state index contributed by atoms with van der Waals surface area (Å²) in [5, 5.41) is 9.79. The Bertz CT molecular complexity index is 690. The normalized spacial score (nSPS) is 17.8. The largest absolute Gasteiger partial charge is 0.490 e. The maximum absolute atomic E-state index is 13.0. The van der Waals surface area contributed by atoms with Gasteiger partial charge in [-0.2, -0.15) is 26.3 Å². The molecule has 152 valence electrons. The molecule has 0 aromatic carbocycles. The van der Waals surface area contributed by atoms with Crippen LogP contribution < -0.4 is 5.32 Å². The Morgan fingerprint density at radius 1 is 1.22 bits per heavy atom. The second kappa shape index (κ2) is 8.55. The molecule has 1 saturated heterocycles. The van der Waals surface area contributed by atoms with Crippen LogP contribution in [0, 0.1) is 13.8 Å². The lowest BCUT2D eigenvalue weighted by Crippen LogP contribution is -2.59. The van der Waals surface area contributed by atoms with Crippen LogP contribution in [0.1, 0.15) is 21.6 Å². The van der Waals surface area contributed by atoms with Crippen LogP contribution in [0.15, 0.2) is 12.3 Å². The number of alkyl halides is 6. The van der Waals surface area contributed by atoms with Crippen molar-refractivity contribution in [2.45, 2.75) is 32.2 Å². The summed E-state index contributed by atoms with van der Waals surface area (Å²) in [7, 11) is 0. The number of aliphatic carboxylic acids is 1. The summed E-state index contributed by atoms with van der Waals surface area (Å²) in [5.41, 5.74) is 1.74. The third kappa shape index (κ3) is 6.38. The van der Waals surface area contributed by atoms with E-state index in [1.54, 1.807) is 19.9 Å². The molecule has 1 amide bonds. The Morgan fingerprint density at radius 3 is 2.22 bits per heavy atom. The molecular formula is C15H17F6N3O3. The average Bonchev–Trinajstić information content (AvgIpc) is 2.55. The highest BCUT2D eigenvalue weighted by Gasteiger charge is 2.46. The van der Waals surface area contributed by atoms with Crippen LogP contribution >= 0.6 is 0 Å². The zero-order valence-corrected chi connectivity index (χ0v) is 14.3. The minimum atomic E-state index is -5.08.